The Labute approximate surface area is 576 Å². The number of thioether (sulfide) groups is 1. The molecule has 5 heterocycles. The molecule has 2 unspecified atom stereocenters. The standard InChI is InChI=1S/C14H23NO3.C10H20N2O.C9H19NO.C7H15NS.C7H11NS.C6H12N2O.C6H13N.C6H15N.C5H13NO.2CH4/c1-14(2,3)15-9-10-7-11(16-4)13(18-6)12(8-10)17-5;1-9(2)11-5-4-6-12(8-7-11)10(3)13;1-7(2)10-5-8(3)11-9(4)6-10;1-7(2)8-3-5-9-6-4-8;1-8-5-4-7-3-2-6-9-7;1-7-3-4-8(2)6(9)5-7;1-7-6-4-2-3-5-6;1-6(2)4-5-7-3;1-3-7-5-4-6-2;;/h7-8,15H,9H2,1-6H3;9H,4-8H2,1-3H3;7-9H,5-6H2,1-4H3;7H,3-6H2,1-2H3;2-3,6,8H,4-5H2,1H3;3-5H2,1-2H3;6-7H,2-5H2,1H3;6-7H,4-5H2,1-3H3;6H,3-5H2,1-2H3;2*1H4. The highest BCUT2D eigenvalue weighted by atomic mass is 32.2. The molecule has 0 radical (unpaired) electrons. The van der Waals surface area contributed by atoms with Crippen molar-refractivity contribution >= 4 is 34.9 Å². The lowest BCUT2D eigenvalue weighted by Gasteiger charge is -2.37. The summed E-state index contributed by atoms with van der Waals surface area (Å²) in [6.45, 7) is 49.0. The first-order chi connectivity index (χ1) is 42.7. The molecule has 546 valence electrons. The molecule has 1 aromatic heterocycles. The van der Waals surface area contributed by atoms with Crippen LogP contribution in [0.2, 0.25) is 0 Å². The van der Waals surface area contributed by atoms with E-state index in [4.69, 9.17) is 23.7 Å². The van der Waals surface area contributed by atoms with Gasteiger partial charge in [0.15, 0.2) is 11.5 Å². The number of benzene rings is 1. The number of nitrogens with zero attached hydrogens (tertiary/aromatic N) is 6. The fourth-order valence-corrected chi connectivity index (χ4v) is 11.3. The molecule has 1 saturated carbocycles. The van der Waals surface area contributed by atoms with Gasteiger partial charge in [0.05, 0.1) is 46.7 Å². The first-order valence-electron chi connectivity index (χ1n) is 34.1. The number of morpholine rings is 1. The second kappa shape index (κ2) is 59.4. The minimum Gasteiger partial charge on any atom is -0.493 e. The van der Waals surface area contributed by atoms with Crippen molar-refractivity contribution in [1.29, 1.82) is 0 Å². The molecular formula is C72H149N11O7S2. The minimum atomic E-state index is 0. The van der Waals surface area contributed by atoms with E-state index in [1.807, 2.05) is 75.4 Å². The second-order valence-corrected chi connectivity index (χ2v) is 28.3. The van der Waals surface area contributed by atoms with Crippen molar-refractivity contribution in [2.45, 2.75) is 212 Å². The summed E-state index contributed by atoms with van der Waals surface area (Å²) in [7, 11) is 16.6. The van der Waals surface area contributed by atoms with Crippen molar-refractivity contribution in [2.75, 3.05) is 180 Å². The Morgan fingerprint density at radius 2 is 1.25 bits per heavy atom. The Morgan fingerprint density at radius 3 is 1.63 bits per heavy atom. The summed E-state index contributed by atoms with van der Waals surface area (Å²) in [5.74, 6) is 5.93. The van der Waals surface area contributed by atoms with Gasteiger partial charge < -0.3 is 60.1 Å². The van der Waals surface area contributed by atoms with Crippen molar-refractivity contribution in [1.82, 2.24) is 56.0 Å². The highest BCUT2D eigenvalue weighted by molar-refractivity contribution is 7.99. The lowest BCUT2D eigenvalue weighted by molar-refractivity contribution is -0.133. The number of carbonyl (C=O) groups is 2. The lowest BCUT2D eigenvalue weighted by Crippen LogP contribution is -2.48. The van der Waals surface area contributed by atoms with Crippen molar-refractivity contribution in [3.05, 3.63) is 40.1 Å². The summed E-state index contributed by atoms with van der Waals surface area (Å²) in [5.41, 5.74) is 1.17. The van der Waals surface area contributed by atoms with Gasteiger partial charge in [-0.05, 0) is 199 Å². The van der Waals surface area contributed by atoms with Crippen LogP contribution in [0.15, 0.2) is 29.6 Å². The fourth-order valence-electron chi connectivity index (χ4n) is 9.65. The van der Waals surface area contributed by atoms with Crippen LogP contribution in [0.1, 0.15) is 168 Å². The van der Waals surface area contributed by atoms with Crippen molar-refractivity contribution in [2.24, 2.45) is 5.92 Å². The molecule has 5 aliphatic rings. The summed E-state index contributed by atoms with van der Waals surface area (Å²) in [5, 5.41) is 18.0. The Balaban J connectivity index is -0.000000481. The van der Waals surface area contributed by atoms with Gasteiger partial charge in [0.1, 0.15) is 0 Å². The van der Waals surface area contributed by atoms with Crippen LogP contribution >= 0.6 is 23.1 Å². The third-order valence-electron chi connectivity index (χ3n) is 15.5. The first kappa shape index (κ1) is 95.6. The van der Waals surface area contributed by atoms with Crippen molar-refractivity contribution in [3.8, 4) is 17.2 Å². The summed E-state index contributed by atoms with van der Waals surface area (Å²) in [6.07, 6.45) is 10.0. The maximum absolute atomic E-state index is 11.1. The maximum Gasteiger partial charge on any atom is 0.236 e. The van der Waals surface area contributed by atoms with Gasteiger partial charge >= 0.3 is 0 Å². The molecular weight excluding hydrogens is 1190 g/mol. The number of amides is 2. The quantitative estimate of drug-likeness (QED) is 0.0845. The van der Waals surface area contributed by atoms with E-state index in [0.29, 0.717) is 48.1 Å². The molecule has 2 aromatic rings. The van der Waals surface area contributed by atoms with Crippen LogP contribution in [-0.4, -0.2) is 263 Å². The van der Waals surface area contributed by atoms with Crippen LogP contribution in [-0.2, 0) is 32.0 Å². The molecule has 2 amide bonds. The second-order valence-electron chi connectivity index (χ2n) is 26.0. The van der Waals surface area contributed by atoms with Gasteiger partial charge in [0, 0.05) is 145 Å². The van der Waals surface area contributed by atoms with E-state index in [2.05, 4.69) is 168 Å². The van der Waals surface area contributed by atoms with E-state index in [1.54, 1.807) is 33.2 Å². The van der Waals surface area contributed by atoms with Crippen LogP contribution in [0.5, 0.6) is 17.2 Å². The summed E-state index contributed by atoms with van der Waals surface area (Å²) in [6, 6.07) is 11.0. The van der Waals surface area contributed by atoms with Crippen LogP contribution in [0.25, 0.3) is 0 Å². The number of methoxy groups -OCH3 is 3. The number of carbonyl (C=O) groups excluding carboxylic acids is 2. The summed E-state index contributed by atoms with van der Waals surface area (Å²) >= 11 is 3.90. The SMILES string of the molecule is C.C.CC(=O)N1CCCN(C(C)C)CC1.CC(C)N1CCSCC1.CC1CN(C(C)C)CC(C)O1.CCOCCNC.CN1CCN(C)C(=O)C1.CNC1CCCC1.CNCCC(C)C.CNCCc1cccs1.COc1cc(CNC(C)(C)C)cc(OC)c1OC. The number of likely N-dealkylation sites (N-methyl/N-ethyl adjacent to an activating group) is 4. The van der Waals surface area contributed by atoms with Crippen LogP contribution in [0.3, 0.4) is 0 Å². The van der Waals surface area contributed by atoms with Gasteiger partial charge in [-0.3, -0.25) is 29.2 Å². The van der Waals surface area contributed by atoms with E-state index in [9.17, 15) is 9.59 Å². The van der Waals surface area contributed by atoms with Gasteiger partial charge in [0.25, 0.3) is 0 Å². The molecule has 2 atom stereocenters. The monoisotopic (exact) mass is 1340 g/mol. The van der Waals surface area contributed by atoms with Crippen molar-refractivity contribution < 1.29 is 33.3 Å². The highest BCUT2D eigenvalue weighted by Gasteiger charge is 2.24. The number of hydrogen-bond acceptors (Lipinski definition) is 18. The van der Waals surface area contributed by atoms with Gasteiger partial charge in [-0.25, -0.2) is 0 Å². The van der Waals surface area contributed by atoms with E-state index in [1.165, 1.54) is 61.6 Å². The summed E-state index contributed by atoms with van der Waals surface area (Å²) < 4.78 is 26.6. The van der Waals surface area contributed by atoms with Gasteiger partial charge in [-0.1, -0.05) is 47.6 Å². The van der Waals surface area contributed by atoms with E-state index in [0.717, 1.165) is 128 Å². The Kier molecular flexibility index (Phi) is 61.7. The molecule has 5 fully saturated rings. The first-order valence-corrected chi connectivity index (χ1v) is 36.1. The van der Waals surface area contributed by atoms with Gasteiger partial charge in [-0.2, -0.15) is 11.8 Å². The zero-order valence-corrected chi connectivity index (χ0v) is 63.8. The normalized spacial score (nSPS) is 18.0. The Hall–Kier alpha value is -2.83. The highest BCUT2D eigenvalue weighted by Crippen LogP contribution is 2.38. The van der Waals surface area contributed by atoms with Gasteiger partial charge in [-0.15, -0.1) is 11.3 Å². The van der Waals surface area contributed by atoms with Crippen LogP contribution in [0, 0.1) is 5.92 Å². The number of piperazine rings is 1. The molecule has 1 aliphatic carbocycles. The molecule has 20 heteroatoms. The average Bonchev–Trinajstić information content (AvgIpc) is 1.48. The molecule has 4 saturated heterocycles. The number of nitrogens with one attached hydrogen (secondary N) is 5. The average molecular weight is 1350 g/mol. The Bertz CT molecular complexity index is 1930. The maximum atomic E-state index is 11.1. The topological polar surface area (TPSA) is 160 Å². The van der Waals surface area contributed by atoms with E-state index < -0.39 is 0 Å². The predicted molar refractivity (Wildman–Crippen MR) is 403 cm³/mol. The largest absolute Gasteiger partial charge is 0.493 e. The van der Waals surface area contributed by atoms with E-state index >= 15 is 0 Å². The molecule has 5 N–H and O–H groups in total. The van der Waals surface area contributed by atoms with Crippen molar-refractivity contribution in [3.63, 3.8) is 0 Å². The molecule has 7 rings (SSSR count). The van der Waals surface area contributed by atoms with Gasteiger partial charge in [0.2, 0.25) is 17.6 Å². The number of hydrogen-bond donors (Lipinski definition) is 5. The van der Waals surface area contributed by atoms with E-state index in [-0.39, 0.29) is 32.2 Å². The number of thiophene rings is 1. The molecule has 4 aliphatic heterocycles. The fraction of sp³-hybridized carbons (Fsp3) is 0.833. The molecule has 0 spiro atoms. The minimum absolute atomic E-state index is 0. The zero-order valence-electron chi connectivity index (χ0n) is 62.2. The smallest absolute Gasteiger partial charge is 0.236 e. The molecule has 1 aromatic carbocycles. The lowest BCUT2D eigenvalue weighted by atomic mass is 10.1. The summed E-state index contributed by atoms with van der Waals surface area (Å²) in [4.78, 5) is 36.7. The van der Waals surface area contributed by atoms with Crippen LogP contribution < -0.4 is 40.8 Å². The predicted octanol–water partition coefficient (Wildman–Crippen LogP) is 11.3. The molecule has 0 bridgehead atoms. The zero-order chi connectivity index (χ0) is 68.5. The third-order valence-corrected chi connectivity index (χ3v) is 17.4. The third kappa shape index (κ3) is 50.5. The number of ether oxygens (including phenoxy) is 5. The molecule has 92 heavy (non-hydrogen) atoms. The molecule has 18 nitrogen and oxygen atoms in total. The number of rotatable bonds is 19. The Morgan fingerprint density at radius 1 is 0.707 bits per heavy atom. The van der Waals surface area contributed by atoms with Crippen LogP contribution in [0.4, 0.5) is 0 Å².